The van der Waals surface area contributed by atoms with Crippen LogP contribution < -0.4 is 5.32 Å². The maximum Gasteiger partial charge on any atom is 0.127 e. The van der Waals surface area contributed by atoms with Crippen molar-refractivity contribution < 1.29 is 4.79 Å². The molecule has 0 radical (unpaired) electrons. The van der Waals surface area contributed by atoms with Gasteiger partial charge in [0.25, 0.3) is 0 Å². The highest BCUT2D eigenvalue weighted by atomic mass is 16.1. The molecule has 1 aromatic rings. The molecule has 1 saturated heterocycles. The van der Waals surface area contributed by atoms with Gasteiger partial charge in [0.2, 0.25) is 0 Å². The number of rotatable bonds is 3. The van der Waals surface area contributed by atoms with Crippen LogP contribution >= 0.6 is 0 Å². The molecular weight excluding hydrogens is 186 g/mol. The Morgan fingerprint density at radius 3 is 2.73 bits per heavy atom. The van der Waals surface area contributed by atoms with Crippen LogP contribution in [0, 0.1) is 5.92 Å². The van der Waals surface area contributed by atoms with Gasteiger partial charge in [-0.1, -0.05) is 30.3 Å². The minimum absolute atomic E-state index is 0.0685. The highest BCUT2D eigenvalue weighted by Crippen LogP contribution is 2.27. The van der Waals surface area contributed by atoms with Crippen molar-refractivity contribution in [2.45, 2.75) is 18.8 Å². The third kappa shape index (κ3) is 2.45. The highest BCUT2D eigenvalue weighted by molar-refractivity contribution is 5.62. The lowest BCUT2D eigenvalue weighted by Gasteiger charge is -2.27. The first kappa shape index (κ1) is 10.4. The maximum absolute atomic E-state index is 11.2. The molecule has 1 aliphatic rings. The van der Waals surface area contributed by atoms with Gasteiger partial charge in [-0.15, -0.1) is 0 Å². The molecule has 0 aromatic heterocycles. The molecule has 0 saturated carbocycles. The smallest absolute Gasteiger partial charge is 0.127 e. The molecule has 1 unspecified atom stereocenters. The van der Waals surface area contributed by atoms with E-state index in [4.69, 9.17) is 0 Å². The average molecular weight is 203 g/mol. The van der Waals surface area contributed by atoms with Gasteiger partial charge in [0.1, 0.15) is 6.29 Å². The SMILES string of the molecule is O=C[C@H](c1ccccc1)C1CCCNC1. The predicted molar refractivity (Wildman–Crippen MR) is 60.8 cm³/mol. The van der Waals surface area contributed by atoms with Crippen LogP contribution in [0.2, 0.25) is 0 Å². The molecule has 15 heavy (non-hydrogen) atoms. The lowest BCUT2D eigenvalue weighted by atomic mass is 9.82. The van der Waals surface area contributed by atoms with Gasteiger partial charge in [0.05, 0.1) is 0 Å². The van der Waals surface area contributed by atoms with Gasteiger partial charge in [-0.2, -0.15) is 0 Å². The van der Waals surface area contributed by atoms with Gasteiger partial charge >= 0.3 is 0 Å². The molecule has 2 rings (SSSR count). The summed E-state index contributed by atoms with van der Waals surface area (Å²) in [6, 6.07) is 10.1. The van der Waals surface area contributed by atoms with Gasteiger partial charge in [0, 0.05) is 5.92 Å². The second kappa shape index (κ2) is 5.08. The highest BCUT2D eigenvalue weighted by Gasteiger charge is 2.24. The first-order valence-corrected chi connectivity index (χ1v) is 5.63. The van der Waals surface area contributed by atoms with Crippen LogP contribution in [0.1, 0.15) is 24.3 Å². The van der Waals surface area contributed by atoms with Crippen LogP contribution in [0.4, 0.5) is 0 Å². The van der Waals surface area contributed by atoms with E-state index in [-0.39, 0.29) is 5.92 Å². The third-order valence-corrected chi connectivity index (χ3v) is 3.17. The monoisotopic (exact) mass is 203 g/mol. The Morgan fingerprint density at radius 2 is 2.13 bits per heavy atom. The predicted octanol–water partition coefficient (Wildman–Crippen LogP) is 1.97. The molecule has 1 aromatic carbocycles. The minimum Gasteiger partial charge on any atom is -0.316 e. The summed E-state index contributed by atoms with van der Waals surface area (Å²) >= 11 is 0. The Balaban J connectivity index is 2.12. The van der Waals surface area contributed by atoms with Crippen LogP contribution in [0.3, 0.4) is 0 Å². The molecular formula is C13H17NO. The first-order chi connectivity index (χ1) is 7.42. The quantitative estimate of drug-likeness (QED) is 0.761. The second-order valence-corrected chi connectivity index (χ2v) is 4.18. The number of hydrogen-bond acceptors (Lipinski definition) is 2. The van der Waals surface area contributed by atoms with Crippen LogP contribution in [0.25, 0.3) is 0 Å². The molecule has 1 aliphatic heterocycles. The third-order valence-electron chi connectivity index (χ3n) is 3.17. The molecule has 2 heteroatoms. The first-order valence-electron chi connectivity index (χ1n) is 5.63. The number of aldehydes is 1. The zero-order valence-corrected chi connectivity index (χ0v) is 8.86. The summed E-state index contributed by atoms with van der Waals surface area (Å²) in [4.78, 5) is 11.2. The Bertz CT molecular complexity index is 304. The van der Waals surface area contributed by atoms with E-state index < -0.39 is 0 Å². The molecule has 1 heterocycles. The summed E-state index contributed by atoms with van der Waals surface area (Å²) < 4.78 is 0. The summed E-state index contributed by atoms with van der Waals surface area (Å²) in [5, 5.41) is 3.36. The maximum atomic E-state index is 11.2. The van der Waals surface area contributed by atoms with E-state index in [2.05, 4.69) is 5.32 Å². The molecule has 80 valence electrons. The number of nitrogens with one attached hydrogen (secondary N) is 1. The van der Waals surface area contributed by atoms with Crippen molar-refractivity contribution in [1.29, 1.82) is 0 Å². The topological polar surface area (TPSA) is 29.1 Å². The van der Waals surface area contributed by atoms with Gasteiger partial charge in [-0.05, 0) is 37.4 Å². The number of carbonyl (C=O) groups excluding carboxylic acids is 1. The van der Waals surface area contributed by atoms with Crippen molar-refractivity contribution in [3.63, 3.8) is 0 Å². The Kier molecular flexibility index (Phi) is 3.51. The number of carbonyl (C=O) groups is 1. The Labute approximate surface area is 90.7 Å². The van der Waals surface area contributed by atoms with Crippen molar-refractivity contribution in [1.82, 2.24) is 5.32 Å². The summed E-state index contributed by atoms with van der Waals surface area (Å²) in [6.45, 7) is 2.06. The van der Waals surface area contributed by atoms with E-state index in [1.54, 1.807) is 0 Å². The van der Waals surface area contributed by atoms with Crippen molar-refractivity contribution in [2.24, 2.45) is 5.92 Å². The largest absolute Gasteiger partial charge is 0.316 e. The number of piperidine rings is 1. The summed E-state index contributed by atoms with van der Waals surface area (Å²) in [6.07, 6.45) is 3.44. The number of benzene rings is 1. The van der Waals surface area contributed by atoms with Crippen LogP contribution in [0.15, 0.2) is 30.3 Å². The fourth-order valence-electron chi connectivity index (χ4n) is 2.32. The van der Waals surface area contributed by atoms with Crippen LogP contribution in [0.5, 0.6) is 0 Å². The molecule has 1 fully saturated rings. The van der Waals surface area contributed by atoms with Gasteiger partial charge < -0.3 is 10.1 Å². The normalized spacial score (nSPS) is 23.3. The lowest BCUT2D eigenvalue weighted by Crippen LogP contribution is -2.33. The minimum atomic E-state index is 0.0685. The van der Waals surface area contributed by atoms with E-state index in [0.29, 0.717) is 5.92 Å². The van der Waals surface area contributed by atoms with E-state index in [1.807, 2.05) is 30.3 Å². The Hall–Kier alpha value is -1.15. The summed E-state index contributed by atoms with van der Waals surface area (Å²) in [5.41, 5.74) is 1.15. The van der Waals surface area contributed by atoms with Gasteiger partial charge in [-0.25, -0.2) is 0 Å². The Morgan fingerprint density at radius 1 is 1.33 bits per heavy atom. The molecule has 2 atom stereocenters. The van der Waals surface area contributed by atoms with E-state index in [9.17, 15) is 4.79 Å². The fourth-order valence-corrected chi connectivity index (χ4v) is 2.32. The molecule has 0 bridgehead atoms. The molecule has 1 N–H and O–H groups in total. The lowest BCUT2D eigenvalue weighted by molar-refractivity contribution is -0.110. The van der Waals surface area contributed by atoms with Crippen molar-refractivity contribution in [3.8, 4) is 0 Å². The van der Waals surface area contributed by atoms with E-state index in [1.165, 1.54) is 6.42 Å². The van der Waals surface area contributed by atoms with Gasteiger partial charge in [0.15, 0.2) is 0 Å². The molecule has 0 amide bonds. The average Bonchev–Trinajstić information content (AvgIpc) is 2.33. The van der Waals surface area contributed by atoms with Crippen molar-refractivity contribution in [3.05, 3.63) is 35.9 Å². The van der Waals surface area contributed by atoms with Crippen LogP contribution in [-0.2, 0) is 4.79 Å². The summed E-state index contributed by atoms with van der Waals surface area (Å²) in [5.74, 6) is 0.539. The van der Waals surface area contributed by atoms with Crippen molar-refractivity contribution in [2.75, 3.05) is 13.1 Å². The molecule has 0 aliphatic carbocycles. The zero-order chi connectivity index (χ0) is 10.5. The number of hydrogen-bond donors (Lipinski definition) is 1. The van der Waals surface area contributed by atoms with E-state index in [0.717, 1.165) is 31.4 Å². The van der Waals surface area contributed by atoms with Crippen molar-refractivity contribution >= 4 is 6.29 Å². The van der Waals surface area contributed by atoms with Gasteiger partial charge in [-0.3, -0.25) is 0 Å². The van der Waals surface area contributed by atoms with E-state index >= 15 is 0 Å². The fraction of sp³-hybridized carbons (Fsp3) is 0.462. The summed E-state index contributed by atoms with van der Waals surface area (Å²) in [7, 11) is 0. The molecule has 0 spiro atoms. The zero-order valence-electron chi connectivity index (χ0n) is 8.86. The second-order valence-electron chi connectivity index (χ2n) is 4.18. The standard InChI is InChI=1S/C13H17NO/c15-10-13(11-5-2-1-3-6-11)12-7-4-8-14-9-12/h1-3,5-6,10,12-14H,4,7-9H2/t12?,13-/m1/s1. The van der Waals surface area contributed by atoms with Crippen LogP contribution in [-0.4, -0.2) is 19.4 Å². The molecule has 2 nitrogen and oxygen atoms in total.